The van der Waals surface area contributed by atoms with Crippen LogP contribution < -0.4 is 10.0 Å². The number of ether oxygens (including phenoxy) is 1. The monoisotopic (exact) mass is 413 g/mol. The van der Waals surface area contributed by atoms with Crippen LogP contribution in [0.5, 0.6) is 0 Å². The van der Waals surface area contributed by atoms with Crippen LogP contribution in [0.1, 0.15) is 25.7 Å². The Hall–Kier alpha value is -1.52. The summed E-state index contributed by atoms with van der Waals surface area (Å²) < 4.78 is 33.4. The minimum atomic E-state index is -3.69. The van der Waals surface area contributed by atoms with Crippen LogP contribution in [-0.4, -0.2) is 76.4 Å². The van der Waals surface area contributed by atoms with Crippen molar-refractivity contribution in [2.24, 2.45) is 0 Å². The fourth-order valence-electron chi connectivity index (χ4n) is 3.19. The number of sulfonamides is 1. The van der Waals surface area contributed by atoms with Crippen molar-refractivity contribution in [1.82, 2.24) is 14.9 Å². The van der Waals surface area contributed by atoms with E-state index in [9.17, 15) is 18.3 Å². The fourth-order valence-corrected chi connectivity index (χ4v) is 4.51. The van der Waals surface area contributed by atoms with Gasteiger partial charge in [-0.15, -0.1) is 0 Å². The maximum atomic E-state index is 12.5. The molecule has 9 heteroatoms. The molecule has 1 aliphatic rings. The van der Waals surface area contributed by atoms with E-state index >= 15 is 0 Å². The molecule has 1 amide bonds. The highest BCUT2D eigenvalue weighted by atomic mass is 32.2. The molecule has 0 spiro atoms. The number of aliphatic hydroxyl groups is 1. The van der Waals surface area contributed by atoms with Gasteiger partial charge in [0, 0.05) is 6.54 Å². The van der Waals surface area contributed by atoms with Crippen molar-refractivity contribution in [3.05, 3.63) is 30.3 Å². The maximum absolute atomic E-state index is 12.5. The van der Waals surface area contributed by atoms with E-state index in [1.165, 1.54) is 12.1 Å². The van der Waals surface area contributed by atoms with E-state index in [0.717, 1.165) is 13.0 Å². The third-order valence-electron chi connectivity index (χ3n) is 4.67. The number of carbonyl (C=O) groups is 1. The summed E-state index contributed by atoms with van der Waals surface area (Å²) >= 11 is 0. The van der Waals surface area contributed by atoms with Gasteiger partial charge in [-0.25, -0.2) is 13.1 Å². The Labute approximate surface area is 167 Å². The maximum Gasteiger partial charge on any atom is 0.240 e. The van der Waals surface area contributed by atoms with Gasteiger partial charge in [-0.3, -0.25) is 4.79 Å². The zero-order valence-corrected chi connectivity index (χ0v) is 17.3. The van der Waals surface area contributed by atoms with Crippen LogP contribution in [0.2, 0.25) is 0 Å². The highest BCUT2D eigenvalue weighted by Crippen LogP contribution is 2.23. The minimum absolute atomic E-state index is 0.0937. The Morgan fingerprint density at radius 2 is 1.96 bits per heavy atom. The van der Waals surface area contributed by atoms with Crippen LogP contribution in [0.4, 0.5) is 0 Å². The molecule has 1 saturated heterocycles. The Morgan fingerprint density at radius 3 is 2.61 bits per heavy atom. The molecule has 3 N–H and O–H groups in total. The van der Waals surface area contributed by atoms with Crippen LogP contribution in [-0.2, 0) is 19.6 Å². The summed E-state index contributed by atoms with van der Waals surface area (Å²) in [5.41, 5.74) is 0. The van der Waals surface area contributed by atoms with Crippen molar-refractivity contribution in [1.29, 1.82) is 0 Å². The van der Waals surface area contributed by atoms with Crippen LogP contribution >= 0.6 is 0 Å². The number of rotatable bonds is 10. The van der Waals surface area contributed by atoms with Gasteiger partial charge in [-0.2, -0.15) is 0 Å². The summed E-state index contributed by atoms with van der Waals surface area (Å²) in [6.45, 7) is 1.19. The molecule has 2 rings (SSSR count). The van der Waals surface area contributed by atoms with Gasteiger partial charge in [0.05, 0.1) is 36.2 Å². The fraction of sp³-hybridized carbons (Fsp3) is 0.632. The number of nitrogens with zero attached hydrogens (tertiary/aromatic N) is 1. The zero-order valence-electron chi connectivity index (χ0n) is 16.5. The van der Waals surface area contributed by atoms with Gasteiger partial charge in [-0.1, -0.05) is 18.2 Å². The van der Waals surface area contributed by atoms with E-state index in [2.05, 4.69) is 14.9 Å². The van der Waals surface area contributed by atoms with Crippen LogP contribution in [0.15, 0.2) is 35.2 Å². The molecule has 1 fully saturated rings. The first kappa shape index (κ1) is 22.8. The predicted octanol–water partition coefficient (Wildman–Crippen LogP) is 0.331. The zero-order chi connectivity index (χ0) is 20.6. The lowest BCUT2D eigenvalue weighted by Gasteiger charge is -2.35. The molecule has 1 aromatic rings. The first-order chi connectivity index (χ1) is 13.3. The lowest BCUT2D eigenvalue weighted by Crippen LogP contribution is -2.51. The summed E-state index contributed by atoms with van der Waals surface area (Å²) in [7, 11) is 0.273. The molecular formula is C19H31N3O5S. The molecule has 0 bridgehead atoms. The molecule has 1 aliphatic heterocycles. The molecule has 0 aromatic heterocycles. The lowest BCUT2D eigenvalue weighted by molar-refractivity contribution is -0.130. The van der Waals surface area contributed by atoms with E-state index < -0.39 is 22.2 Å². The number of amides is 1. The number of benzene rings is 1. The van der Waals surface area contributed by atoms with E-state index in [4.69, 9.17) is 4.74 Å². The van der Waals surface area contributed by atoms with Gasteiger partial charge in [-0.05, 0) is 52.0 Å². The largest absolute Gasteiger partial charge is 0.394 e. The average Bonchev–Trinajstić information content (AvgIpc) is 2.67. The predicted molar refractivity (Wildman–Crippen MR) is 106 cm³/mol. The Morgan fingerprint density at radius 1 is 1.25 bits per heavy atom. The Bertz CT molecular complexity index is 712. The second-order valence-electron chi connectivity index (χ2n) is 7.31. The van der Waals surface area contributed by atoms with Crippen molar-refractivity contribution < 1.29 is 23.1 Å². The molecular weight excluding hydrogens is 382 g/mol. The van der Waals surface area contributed by atoms with Crippen molar-refractivity contribution >= 4 is 15.9 Å². The Kier molecular flexibility index (Phi) is 8.84. The third kappa shape index (κ3) is 7.14. The molecule has 28 heavy (non-hydrogen) atoms. The topological polar surface area (TPSA) is 108 Å². The number of nitrogens with one attached hydrogen (secondary N) is 2. The standard InChI is InChI=1S/C19H31N3O5S/c1-22(2)12-6-11-20-19(24)13-15-9-10-17(18(14-23)27-15)21-28(25,26)16-7-4-3-5-8-16/h3-5,7-8,15,17-18,21,23H,6,9-14H2,1-2H3,(H,20,24)/t15-,17-,18-/m1/s1. The van der Waals surface area contributed by atoms with Crippen molar-refractivity contribution in [3.63, 3.8) is 0 Å². The molecule has 1 aromatic carbocycles. The van der Waals surface area contributed by atoms with Gasteiger partial charge in [0.25, 0.3) is 0 Å². The van der Waals surface area contributed by atoms with Gasteiger partial charge < -0.3 is 20.1 Å². The molecule has 0 saturated carbocycles. The number of aliphatic hydroxyl groups excluding tert-OH is 1. The molecule has 3 atom stereocenters. The first-order valence-corrected chi connectivity index (χ1v) is 11.0. The molecule has 0 unspecified atom stereocenters. The number of carbonyl (C=O) groups excluding carboxylic acids is 1. The number of hydrogen-bond acceptors (Lipinski definition) is 6. The van der Waals surface area contributed by atoms with E-state index in [1.807, 2.05) is 14.1 Å². The second-order valence-corrected chi connectivity index (χ2v) is 9.02. The molecule has 158 valence electrons. The van der Waals surface area contributed by atoms with Crippen LogP contribution in [0.3, 0.4) is 0 Å². The van der Waals surface area contributed by atoms with E-state index in [1.54, 1.807) is 18.2 Å². The van der Waals surface area contributed by atoms with Gasteiger partial charge in [0.15, 0.2) is 0 Å². The number of hydrogen-bond donors (Lipinski definition) is 3. The average molecular weight is 414 g/mol. The summed E-state index contributed by atoms with van der Waals surface area (Å²) in [5.74, 6) is -0.0937. The first-order valence-electron chi connectivity index (χ1n) is 9.57. The SMILES string of the molecule is CN(C)CCCNC(=O)C[C@H]1CC[C@@H](NS(=O)(=O)c2ccccc2)[C@@H](CO)O1. The van der Waals surface area contributed by atoms with Crippen LogP contribution in [0, 0.1) is 0 Å². The lowest BCUT2D eigenvalue weighted by atomic mass is 9.98. The minimum Gasteiger partial charge on any atom is -0.394 e. The van der Waals surface area contributed by atoms with E-state index in [0.29, 0.717) is 19.4 Å². The Balaban J connectivity index is 1.83. The van der Waals surface area contributed by atoms with Crippen molar-refractivity contribution in [3.8, 4) is 0 Å². The molecule has 0 radical (unpaired) electrons. The highest BCUT2D eigenvalue weighted by molar-refractivity contribution is 7.89. The summed E-state index contributed by atoms with van der Waals surface area (Å²) in [5, 5.41) is 12.5. The van der Waals surface area contributed by atoms with Gasteiger partial charge in [0.1, 0.15) is 0 Å². The van der Waals surface area contributed by atoms with Crippen molar-refractivity contribution in [2.75, 3.05) is 33.8 Å². The summed E-state index contributed by atoms with van der Waals surface area (Å²) in [6, 6.07) is 7.56. The third-order valence-corrected chi connectivity index (χ3v) is 6.18. The normalized spacial score (nSPS) is 22.9. The molecule has 1 heterocycles. The van der Waals surface area contributed by atoms with Gasteiger partial charge >= 0.3 is 0 Å². The van der Waals surface area contributed by atoms with Gasteiger partial charge in [0.2, 0.25) is 15.9 Å². The smallest absolute Gasteiger partial charge is 0.240 e. The van der Waals surface area contributed by atoms with Crippen LogP contribution in [0.25, 0.3) is 0 Å². The molecule has 0 aliphatic carbocycles. The van der Waals surface area contributed by atoms with E-state index in [-0.39, 0.29) is 29.9 Å². The summed E-state index contributed by atoms with van der Waals surface area (Å²) in [4.78, 5) is 14.3. The van der Waals surface area contributed by atoms with Crippen molar-refractivity contribution in [2.45, 2.75) is 48.8 Å². The highest BCUT2D eigenvalue weighted by Gasteiger charge is 2.34. The summed E-state index contributed by atoms with van der Waals surface area (Å²) in [6.07, 6.45) is 1.10. The second kappa shape index (κ2) is 10.9. The quantitative estimate of drug-likeness (QED) is 0.477. The molecule has 8 nitrogen and oxygen atoms in total.